The molecule has 30 heavy (non-hydrogen) atoms. The first-order chi connectivity index (χ1) is 14.2. The van der Waals surface area contributed by atoms with E-state index in [-0.39, 0.29) is 29.9 Å². The fraction of sp³-hybridized carbons (Fsp3) is 0.381. The van der Waals surface area contributed by atoms with Gasteiger partial charge in [0.2, 0.25) is 0 Å². The lowest BCUT2D eigenvalue weighted by atomic mass is 9.99. The Morgan fingerprint density at radius 3 is 2.50 bits per heavy atom. The van der Waals surface area contributed by atoms with Crippen LogP contribution in [-0.4, -0.2) is 62.7 Å². The maximum absolute atomic E-state index is 12.1. The minimum Gasteiger partial charge on any atom is -0.493 e. The number of aromatic nitrogens is 1. The molecule has 2 heterocycles. The Morgan fingerprint density at radius 1 is 1.17 bits per heavy atom. The molecule has 2 aromatic rings. The third-order valence-electron chi connectivity index (χ3n) is 4.85. The molecule has 3 rings (SSSR count). The number of halogens is 1. The molecule has 1 amide bonds. The number of amides is 1. The van der Waals surface area contributed by atoms with Gasteiger partial charge in [0.25, 0.3) is 5.91 Å². The van der Waals surface area contributed by atoms with Gasteiger partial charge in [0.05, 0.1) is 19.8 Å². The Bertz CT molecular complexity index is 876. The largest absolute Gasteiger partial charge is 0.493 e. The molecular formula is C21H28IN5O3. The van der Waals surface area contributed by atoms with E-state index in [0.29, 0.717) is 18.7 Å². The van der Waals surface area contributed by atoms with E-state index in [9.17, 15) is 4.79 Å². The van der Waals surface area contributed by atoms with Crippen molar-refractivity contribution >= 4 is 35.8 Å². The first kappa shape index (κ1) is 23.7. The van der Waals surface area contributed by atoms with Gasteiger partial charge in [-0.3, -0.25) is 14.8 Å². The summed E-state index contributed by atoms with van der Waals surface area (Å²) in [6, 6.07) is 7.56. The predicted octanol–water partition coefficient (Wildman–Crippen LogP) is 2.08. The lowest BCUT2D eigenvalue weighted by Gasteiger charge is -2.32. The third-order valence-corrected chi connectivity index (χ3v) is 4.85. The zero-order chi connectivity index (χ0) is 20.6. The van der Waals surface area contributed by atoms with E-state index in [4.69, 9.17) is 9.47 Å². The second kappa shape index (κ2) is 11.6. The fourth-order valence-electron chi connectivity index (χ4n) is 3.35. The van der Waals surface area contributed by atoms with Crippen molar-refractivity contribution in [2.45, 2.75) is 13.0 Å². The lowest BCUT2D eigenvalue weighted by Crippen LogP contribution is -2.46. The van der Waals surface area contributed by atoms with Crippen molar-refractivity contribution < 1.29 is 14.3 Å². The number of nitrogens with zero attached hydrogens (tertiary/aromatic N) is 3. The molecule has 1 aliphatic rings. The van der Waals surface area contributed by atoms with Crippen LogP contribution in [0.15, 0.2) is 41.7 Å². The van der Waals surface area contributed by atoms with Gasteiger partial charge < -0.3 is 25.0 Å². The number of hydrogen-bond donors (Lipinski definition) is 2. The Balaban J connectivity index is 0.00000320. The highest BCUT2D eigenvalue weighted by Crippen LogP contribution is 2.33. The van der Waals surface area contributed by atoms with Crippen LogP contribution in [0.1, 0.15) is 21.5 Å². The monoisotopic (exact) mass is 525 g/mol. The highest BCUT2D eigenvalue weighted by Gasteiger charge is 2.21. The van der Waals surface area contributed by atoms with Gasteiger partial charge in [-0.25, -0.2) is 0 Å². The summed E-state index contributed by atoms with van der Waals surface area (Å²) in [5.74, 6) is 2.16. The van der Waals surface area contributed by atoms with Crippen LogP contribution < -0.4 is 20.1 Å². The second-order valence-corrected chi connectivity index (χ2v) is 6.62. The summed E-state index contributed by atoms with van der Waals surface area (Å²) < 4.78 is 10.8. The summed E-state index contributed by atoms with van der Waals surface area (Å²) >= 11 is 0. The standard InChI is InChI=1S/C21H27N5O3.HI/c1-22-21(25-9-8-24-20(27)16-5-4-7-23-13-16)26-10-6-15-11-18(28-2)19(29-3)12-17(15)14-26;/h4-5,7,11-13H,6,8-10,14H2,1-3H3,(H,22,25)(H,24,27);1H. The molecule has 0 aliphatic carbocycles. The molecule has 0 atom stereocenters. The van der Waals surface area contributed by atoms with Crippen LogP contribution in [0.25, 0.3) is 0 Å². The number of fused-ring (bicyclic) bond motifs is 1. The quantitative estimate of drug-likeness (QED) is 0.260. The highest BCUT2D eigenvalue weighted by atomic mass is 127. The van der Waals surface area contributed by atoms with Crippen molar-refractivity contribution in [3.63, 3.8) is 0 Å². The van der Waals surface area contributed by atoms with E-state index < -0.39 is 0 Å². The van der Waals surface area contributed by atoms with Crippen molar-refractivity contribution in [2.75, 3.05) is 40.9 Å². The number of rotatable bonds is 6. The van der Waals surface area contributed by atoms with E-state index in [0.717, 1.165) is 37.0 Å². The van der Waals surface area contributed by atoms with Crippen LogP contribution in [0.2, 0.25) is 0 Å². The third kappa shape index (κ3) is 5.74. The molecule has 1 aromatic heterocycles. The predicted molar refractivity (Wildman–Crippen MR) is 127 cm³/mol. The fourth-order valence-corrected chi connectivity index (χ4v) is 3.35. The molecule has 1 aromatic carbocycles. The summed E-state index contributed by atoms with van der Waals surface area (Å²) in [6.07, 6.45) is 4.09. The molecule has 0 bridgehead atoms. The molecule has 0 spiro atoms. The maximum atomic E-state index is 12.1. The Labute approximate surface area is 194 Å². The molecule has 0 fully saturated rings. The highest BCUT2D eigenvalue weighted by molar-refractivity contribution is 14.0. The van der Waals surface area contributed by atoms with Gasteiger partial charge in [0, 0.05) is 45.6 Å². The van der Waals surface area contributed by atoms with Crippen LogP contribution in [0.4, 0.5) is 0 Å². The number of hydrogen-bond acceptors (Lipinski definition) is 5. The molecular weight excluding hydrogens is 497 g/mol. The Kier molecular flexibility index (Phi) is 9.15. The molecule has 0 unspecified atom stereocenters. The van der Waals surface area contributed by atoms with Crippen LogP contribution in [0, 0.1) is 0 Å². The Morgan fingerprint density at radius 2 is 1.87 bits per heavy atom. The van der Waals surface area contributed by atoms with Crippen LogP contribution in [0.5, 0.6) is 11.5 Å². The zero-order valence-corrected chi connectivity index (χ0v) is 19.8. The molecule has 8 nitrogen and oxygen atoms in total. The summed E-state index contributed by atoms with van der Waals surface area (Å²) in [4.78, 5) is 22.6. The number of guanidine groups is 1. The maximum Gasteiger partial charge on any atom is 0.252 e. The number of methoxy groups -OCH3 is 2. The van der Waals surface area contributed by atoms with Crippen molar-refractivity contribution in [1.82, 2.24) is 20.5 Å². The molecule has 1 aliphatic heterocycles. The first-order valence-corrected chi connectivity index (χ1v) is 9.54. The summed E-state index contributed by atoms with van der Waals surface area (Å²) in [6.45, 7) is 2.65. The number of aliphatic imine (C=N–C) groups is 1. The van der Waals surface area contributed by atoms with Crippen molar-refractivity contribution in [2.24, 2.45) is 4.99 Å². The van der Waals surface area contributed by atoms with Crippen LogP contribution >= 0.6 is 24.0 Å². The lowest BCUT2D eigenvalue weighted by molar-refractivity contribution is 0.0954. The van der Waals surface area contributed by atoms with Gasteiger partial charge in [-0.05, 0) is 41.8 Å². The number of carbonyl (C=O) groups excluding carboxylic acids is 1. The number of ether oxygens (including phenoxy) is 2. The molecule has 0 saturated carbocycles. The zero-order valence-electron chi connectivity index (χ0n) is 17.5. The van der Waals surface area contributed by atoms with Crippen molar-refractivity contribution in [3.05, 3.63) is 53.3 Å². The minimum absolute atomic E-state index is 0. The van der Waals surface area contributed by atoms with Gasteiger partial charge >= 0.3 is 0 Å². The summed E-state index contributed by atoms with van der Waals surface area (Å²) in [5.41, 5.74) is 3.01. The summed E-state index contributed by atoms with van der Waals surface area (Å²) in [7, 11) is 5.06. The number of nitrogens with one attached hydrogen (secondary N) is 2. The van der Waals surface area contributed by atoms with Crippen LogP contribution in [-0.2, 0) is 13.0 Å². The van der Waals surface area contributed by atoms with Gasteiger partial charge in [-0.15, -0.1) is 24.0 Å². The minimum atomic E-state index is -0.136. The Hall–Kier alpha value is -2.56. The second-order valence-electron chi connectivity index (χ2n) is 6.62. The number of benzene rings is 1. The smallest absolute Gasteiger partial charge is 0.252 e. The normalized spacial score (nSPS) is 13.0. The van der Waals surface area contributed by atoms with Crippen molar-refractivity contribution in [3.8, 4) is 11.5 Å². The average molecular weight is 525 g/mol. The van der Waals surface area contributed by atoms with Crippen LogP contribution in [0.3, 0.4) is 0 Å². The number of carbonyl (C=O) groups is 1. The van der Waals surface area contributed by atoms with E-state index >= 15 is 0 Å². The SMILES string of the molecule is CN=C(NCCNC(=O)c1cccnc1)N1CCc2cc(OC)c(OC)cc2C1.I. The molecule has 9 heteroatoms. The van der Waals surface area contributed by atoms with Gasteiger partial charge in [-0.2, -0.15) is 0 Å². The van der Waals surface area contributed by atoms with Crippen molar-refractivity contribution in [1.29, 1.82) is 0 Å². The molecule has 2 N–H and O–H groups in total. The average Bonchev–Trinajstić information content (AvgIpc) is 2.78. The topological polar surface area (TPSA) is 88.1 Å². The van der Waals surface area contributed by atoms with E-state index in [1.807, 2.05) is 6.07 Å². The van der Waals surface area contributed by atoms with Gasteiger partial charge in [0.1, 0.15) is 0 Å². The van der Waals surface area contributed by atoms with E-state index in [1.54, 1.807) is 45.8 Å². The molecule has 0 radical (unpaired) electrons. The molecule has 162 valence electrons. The summed E-state index contributed by atoms with van der Waals surface area (Å²) in [5, 5.41) is 6.20. The van der Waals surface area contributed by atoms with E-state index in [1.165, 1.54) is 11.1 Å². The van der Waals surface area contributed by atoms with Gasteiger partial charge in [0.15, 0.2) is 17.5 Å². The first-order valence-electron chi connectivity index (χ1n) is 9.54. The van der Waals surface area contributed by atoms with Gasteiger partial charge in [-0.1, -0.05) is 0 Å². The number of pyridine rings is 1. The van der Waals surface area contributed by atoms with E-state index in [2.05, 4.69) is 31.6 Å². The molecule has 0 saturated heterocycles.